The Morgan fingerprint density at radius 1 is 1.50 bits per heavy atom. The van der Waals surface area contributed by atoms with E-state index in [9.17, 15) is 4.79 Å². The van der Waals surface area contributed by atoms with Crippen molar-refractivity contribution in [3.8, 4) is 0 Å². The molecule has 0 aromatic carbocycles. The van der Waals surface area contributed by atoms with Crippen LogP contribution in [0.5, 0.6) is 0 Å². The standard InChI is InChI=1S/C13H18BrN5O/c1-3-12(19-9-10(14)7-16-19)13(20)15-8-11-5-6-18(4-2)17-11/h5-7,9,12H,3-4,8H2,1-2H3,(H,15,20). The Hall–Kier alpha value is -1.63. The van der Waals surface area contributed by atoms with E-state index in [2.05, 4.69) is 31.4 Å². The lowest BCUT2D eigenvalue weighted by atomic mass is 10.2. The van der Waals surface area contributed by atoms with Crippen LogP contribution in [0, 0.1) is 0 Å². The molecule has 0 fully saturated rings. The molecule has 1 N–H and O–H groups in total. The fourth-order valence-corrected chi connectivity index (χ4v) is 2.25. The third kappa shape index (κ3) is 3.47. The highest BCUT2D eigenvalue weighted by Gasteiger charge is 2.19. The normalized spacial score (nSPS) is 12.3. The fraction of sp³-hybridized carbons (Fsp3) is 0.462. The number of halogens is 1. The zero-order valence-corrected chi connectivity index (χ0v) is 13.2. The van der Waals surface area contributed by atoms with Crippen LogP contribution in [0.2, 0.25) is 0 Å². The van der Waals surface area contributed by atoms with E-state index >= 15 is 0 Å². The van der Waals surface area contributed by atoms with Crippen molar-refractivity contribution in [3.05, 3.63) is 34.8 Å². The molecule has 1 atom stereocenters. The van der Waals surface area contributed by atoms with E-state index in [1.54, 1.807) is 17.1 Å². The number of hydrogen-bond acceptors (Lipinski definition) is 3. The molecule has 0 spiro atoms. The smallest absolute Gasteiger partial charge is 0.245 e. The van der Waals surface area contributed by atoms with Gasteiger partial charge in [0.25, 0.3) is 0 Å². The molecular weight excluding hydrogens is 322 g/mol. The van der Waals surface area contributed by atoms with Crippen LogP contribution in [0.15, 0.2) is 29.1 Å². The van der Waals surface area contributed by atoms with Gasteiger partial charge in [-0.1, -0.05) is 6.92 Å². The molecule has 0 bridgehead atoms. The van der Waals surface area contributed by atoms with E-state index in [1.807, 2.05) is 30.8 Å². The molecule has 1 amide bonds. The monoisotopic (exact) mass is 339 g/mol. The summed E-state index contributed by atoms with van der Waals surface area (Å²) in [5.74, 6) is -0.0471. The van der Waals surface area contributed by atoms with Gasteiger partial charge in [0.2, 0.25) is 5.91 Å². The summed E-state index contributed by atoms with van der Waals surface area (Å²) in [6, 6.07) is 1.62. The number of nitrogens with one attached hydrogen (secondary N) is 1. The molecule has 20 heavy (non-hydrogen) atoms. The molecule has 7 heteroatoms. The zero-order chi connectivity index (χ0) is 14.5. The summed E-state index contributed by atoms with van der Waals surface area (Å²) < 4.78 is 4.37. The number of amides is 1. The van der Waals surface area contributed by atoms with Crippen LogP contribution in [-0.4, -0.2) is 25.5 Å². The fourth-order valence-electron chi connectivity index (χ4n) is 1.95. The third-order valence-corrected chi connectivity index (χ3v) is 3.45. The summed E-state index contributed by atoms with van der Waals surface area (Å²) in [5, 5.41) is 11.4. The Balaban J connectivity index is 1.95. The Morgan fingerprint density at radius 2 is 2.30 bits per heavy atom. The number of hydrogen-bond donors (Lipinski definition) is 1. The summed E-state index contributed by atoms with van der Waals surface area (Å²) >= 11 is 3.34. The first-order chi connectivity index (χ1) is 9.63. The predicted molar refractivity (Wildman–Crippen MR) is 79.0 cm³/mol. The first-order valence-corrected chi connectivity index (χ1v) is 7.43. The van der Waals surface area contributed by atoms with Crippen molar-refractivity contribution in [2.45, 2.75) is 39.4 Å². The molecule has 0 aliphatic rings. The summed E-state index contributed by atoms with van der Waals surface area (Å²) in [4.78, 5) is 12.2. The van der Waals surface area contributed by atoms with Gasteiger partial charge in [0.1, 0.15) is 6.04 Å². The summed E-state index contributed by atoms with van der Waals surface area (Å²) in [7, 11) is 0. The molecule has 2 aromatic rings. The number of aryl methyl sites for hydroxylation is 1. The van der Waals surface area contributed by atoms with E-state index in [-0.39, 0.29) is 11.9 Å². The minimum atomic E-state index is -0.297. The van der Waals surface area contributed by atoms with Gasteiger partial charge in [0.15, 0.2) is 0 Å². The van der Waals surface area contributed by atoms with Crippen LogP contribution >= 0.6 is 15.9 Å². The van der Waals surface area contributed by atoms with Gasteiger partial charge < -0.3 is 5.32 Å². The molecule has 0 saturated heterocycles. The third-order valence-electron chi connectivity index (χ3n) is 3.04. The Bertz CT molecular complexity index is 577. The van der Waals surface area contributed by atoms with Crippen molar-refractivity contribution in [2.75, 3.05) is 0 Å². The largest absolute Gasteiger partial charge is 0.349 e. The summed E-state index contributed by atoms with van der Waals surface area (Å²) in [5.41, 5.74) is 0.858. The maximum Gasteiger partial charge on any atom is 0.245 e. The van der Waals surface area contributed by atoms with E-state index in [4.69, 9.17) is 0 Å². The number of rotatable bonds is 6. The highest BCUT2D eigenvalue weighted by molar-refractivity contribution is 9.10. The van der Waals surface area contributed by atoms with Gasteiger partial charge >= 0.3 is 0 Å². The Morgan fingerprint density at radius 3 is 2.85 bits per heavy atom. The average Bonchev–Trinajstić information content (AvgIpc) is 3.06. The molecule has 2 heterocycles. The molecule has 108 valence electrons. The van der Waals surface area contributed by atoms with Crippen molar-refractivity contribution in [1.82, 2.24) is 24.9 Å². The van der Waals surface area contributed by atoms with Crippen molar-refractivity contribution >= 4 is 21.8 Å². The number of carbonyl (C=O) groups excluding carboxylic acids is 1. The second-order valence-corrected chi connectivity index (χ2v) is 5.36. The van der Waals surface area contributed by atoms with Gasteiger partial charge in [-0.2, -0.15) is 10.2 Å². The summed E-state index contributed by atoms with van der Waals surface area (Å²) in [6.45, 7) is 5.25. The molecule has 0 saturated carbocycles. The first kappa shape index (κ1) is 14.8. The molecule has 2 aromatic heterocycles. The highest BCUT2D eigenvalue weighted by Crippen LogP contribution is 2.15. The van der Waals surface area contributed by atoms with Gasteiger partial charge in [-0.15, -0.1) is 0 Å². The van der Waals surface area contributed by atoms with Gasteiger partial charge in [0.05, 0.1) is 22.9 Å². The van der Waals surface area contributed by atoms with Gasteiger partial charge in [0, 0.05) is 18.9 Å². The van der Waals surface area contributed by atoms with Crippen LogP contribution in [0.3, 0.4) is 0 Å². The zero-order valence-electron chi connectivity index (χ0n) is 11.6. The number of nitrogens with zero attached hydrogens (tertiary/aromatic N) is 4. The van der Waals surface area contributed by atoms with Crippen LogP contribution in [0.4, 0.5) is 0 Å². The maximum atomic E-state index is 12.2. The SMILES string of the molecule is CCC(C(=O)NCc1ccn(CC)n1)n1cc(Br)cn1. The Kier molecular flexibility index (Phi) is 4.94. The second-order valence-electron chi connectivity index (χ2n) is 4.44. The first-order valence-electron chi connectivity index (χ1n) is 6.63. The van der Waals surface area contributed by atoms with Crippen molar-refractivity contribution in [2.24, 2.45) is 0 Å². The molecule has 2 rings (SSSR count). The highest BCUT2D eigenvalue weighted by atomic mass is 79.9. The topological polar surface area (TPSA) is 64.7 Å². The molecule has 0 radical (unpaired) electrons. The lowest BCUT2D eigenvalue weighted by Crippen LogP contribution is -2.32. The lowest BCUT2D eigenvalue weighted by molar-refractivity contribution is -0.124. The molecule has 6 nitrogen and oxygen atoms in total. The molecule has 0 aliphatic heterocycles. The Labute approximate surface area is 126 Å². The quantitative estimate of drug-likeness (QED) is 0.876. The van der Waals surface area contributed by atoms with Crippen LogP contribution < -0.4 is 5.32 Å². The van der Waals surface area contributed by atoms with E-state index in [0.717, 1.165) is 16.7 Å². The molecule has 0 aliphatic carbocycles. The lowest BCUT2D eigenvalue weighted by Gasteiger charge is -2.14. The predicted octanol–water partition coefficient (Wildman–Crippen LogP) is 2.13. The number of aromatic nitrogens is 4. The van der Waals surface area contributed by atoms with Gasteiger partial charge in [-0.05, 0) is 35.3 Å². The number of carbonyl (C=O) groups is 1. The van der Waals surface area contributed by atoms with Crippen molar-refractivity contribution in [3.63, 3.8) is 0 Å². The van der Waals surface area contributed by atoms with E-state index in [1.165, 1.54) is 0 Å². The van der Waals surface area contributed by atoms with E-state index < -0.39 is 0 Å². The molecule has 1 unspecified atom stereocenters. The average molecular weight is 340 g/mol. The van der Waals surface area contributed by atoms with Crippen LogP contribution in [0.25, 0.3) is 0 Å². The molecular formula is C13H18BrN5O. The van der Waals surface area contributed by atoms with Crippen molar-refractivity contribution in [1.29, 1.82) is 0 Å². The summed E-state index contributed by atoms with van der Waals surface area (Å²) in [6.07, 6.45) is 6.07. The minimum Gasteiger partial charge on any atom is -0.349 e. The van der Waals surface area contributed by atoms with E-state index in [0.29, 0.717) is 13.0 Å². The minimum absolute atomic E-state index is 0.0471. The second kappa shape index (κ2) is 6.69. The van der Waals surface area contributed by atoms with Crippen molar-refractivity contribution < 1.29 is 4.79 Å². The van der Waals surface area contributed by atoms with Crippen LogP contribution in [0.1, 0.15) is 32.0 Å². The van der Waals surface area contributed by atoms with Gasteiger partial charge in [-0.25, -0.2) is 0 Å². The maximum absolute atomic E-state index is 12.2. The van der Waals surface area contributed by atoms with Crippen LogP contribution in [-0.2, 0) is 17.9 Å². The van der Waals surface area contributed by atoms with Gasteiger partial charge in [-0.3, -0.25) is 14.2 Å².